The monoisotopic (exact) mass is 426 g/mol. The minimum atomic E-state index is -0.918. The first-order valence-corrected chi connectivity index (χ1v) is 10.9. The molecule has 3 heterocycles. The number of carbonyl (C=O) groups excluding carboxylic acids is 2. The number of hydrogen-bond donors (Lipinski definition) is 2. The molecule has 0 unspecified atom stereocenters. The minimum Gasteiger partial charge on any atom is -0.388 e. The summed E-state index contributed by atoms with van der Waals surface area (Å²) in [4.78, 5) is 31.8. The molecule has 2 aromatic rings. The van der Waals surface area contributed by atoms with Crippen molar-refractivity contribution in [2.75, 3.05) is 26.3 Å². The van der Waals surface area contributed by atoms with Crippen LogP contribution < -0.4 is 5.32 Å². The fourth-order valence-electron chi connectivity index (χ4n) is 4.55. The van der Waals surface area contributed by atoms with Crippen LogP contribution in [0.1, 0.15) is 30.7 Å². The van der Waals surface area contributed by atoms with E-state index in [1.165, 1.54) is 0 Å². The van der Waals surface area contributed by atoms with Gasteiger partial charge >= 0.3 is 0 Å². The van der Waals surface area contributed by atoms with Crippen molar-refractivity contribution < 1.29 is 19.4 Å². The molecule has 2 N–H and O–H groups in total. The smallest absolute Gasteiger partial charge is 0.242 e. The second-order valence-corrected chi connectivity index (χ2v) is 8.42. The average molecular weight is 427 g/mol. The maximum Gasteiger partial charge on any atom is 0.242 e. The molecule has 1 aromatic heterocycles. The van der Waals surface area contributed by atoms with Crippen LogP contribution in [-0.2, 0) is 26.4 Å². The van der Waals surface area contributed by atoms with Gasteiger partial charge in [0.1, 0.15) is 12.4 Å². The van der Waals surface area contributed by atoms with Crippen molar-refractivity contribution in [2.24, 2.45) is 5.92 Å². The highest BCUT2D eigenvalue weighted by molar-refractivity contribution is 5.80. The summed E-state index contributed by atoms with van der Waals surface area (Å²) in [5.74, 6) is 0.524. The van der Waals surface area contributed by atoms with Gasteiger partial charge < -0.3 is 24.6 Å². The third kappa shape index (κ3) is 4.50. The first-order chi connectivity index (χ1) is 15.0. The van der Waals surface area contributed by atoms with Crippen molar-refractivity contribution in [2.45, 2.75) is 44.4 Å². The fraction of sp³-hybridized carbons (Fsp3) is 0.522. The Kier molecular flexibility index (Phi) is 6.38. The predicted octanol–water partition coefficient (Wildman–Crippen LogP) is 1.22. The zero-order chi connectivity index (χ0) is 21.8. The number of aryl methyl sites for hydroxylation is 1. The molecule has 2 fully saturated rings. The van der Waals surface area contributed by atoms with Gasteiger partial charge in [-0.1, -0.05) is 30.3 Å². The Morgan fingerprint density at radius 2 is 2.00 bits per heavy atom. The molecule has 31 heavy (non-hydrogen) atoms. The van der Waals surface area contributed by atoms with Gasteiger partial charge in [0.05, 0.1) is 11.6 Å². The Hall–Kier alpha value is -2.71. The average Bonchev–Trinajstić information content (AvgIpc) is 3.20. The number of nitrogens with zero attached hydrogens (tertiary/aromatic N) is 3. The van der Waals surface area contributed by atoms with Crippen LogP contribution >= 0.6 is 0 Å². The van der Waals surface area contributed by atoms with Crippen LogP contribution in [0.2, 0.25) is 0 Å². The number of likely N-dealkylation sites (tertiary alicyclic amines) is 1. The third-order valence-corrected chi connectivity index (χ3v) is 6.55. The van der Waals surface area contributed by atoms with Crippen LogP contribution in [0.4, 0.5) is 0 Å². The summed E-state index contributed by atoms with van der Waals surface area (Å²) >= 11 is 0. The van der Waals surface area contributed by atoms with Crippen molar-refractivity contribution in [3.63, 3.8) is 0 Å². The molecule has 2 amide bonds. The number of β-amino-alcohol motifs (C(OH)–C–C–N with tert-alkyl or cyclic N) is 1. The van der Waals surface area contributed by atoms with Crippen molar-refractivity contribution in [1.82, 2.24) is 19.8 Å². The number of carbonyl (C=O) groups is 2. The Bertz CT molecular complexity index is 909. The molecular weight excluding hydrogens is 396 g/mol. The van der Waals surface area contributed by atoms with Gasteiger partial charge in [0.25, 0.3) is 0 Å². The van der Waals surface area contributed by atoms with E-state index < -0.39 is 11.6 Å². The molecule has 1 aromatic carbocycles. The summed E-state index contributed by atoms with van der Waals surface area (Å²) in [6.45, 7) is 3.81. The lowest BCUT2D eigenvalue weighted by atomic mass is 9.78. The predicted molar refractivity (Wildman–Crippen MR) is 114 cm³/mol. The summed E-state index contributed by atoms with van der Waals surface area (Å²) < 4.78 is 7.17. The van der Waals surface area contributed by atoms with Gasteiger partial charge in [0, 0.05) is 44.6 Å². The van der Waals surface area contributed by atoms with E-state index in [2.05, 4.69) is 10.3 Å². The van der Waals surface area contributed by atoms with Crippen molar-refractivity contribution in [3.8, 4) is 0 Å². The molecule has 0 saturated carbocycles. The lowest BCUT2D eigenvalue weighted by molar-refractivity contribution is -0.141. The molecule has 4 rings (SSSR count). The summed E-state index contributed by atoms with van der Waals surface area (Å²) in [5, 5.41) is 14.5. The molecule has 0 spiro atoms. The third-order valence-electron chi connectivity index (χ3n) is 6.55. The van der Waals surface area contributed by atoms with E-state index in [0.29, 0.717) is 39.0 Å². The van der Waals surface area contributed by atoms with E-state index in [0.717, 1.165) is 11.4 Å². The van der Waals surface area contributed by atoms with E-state index >= 15 is 0 Å². The van der Waals surface area contributed by atoms with Crippen LogP contribution in [0.5, 0.6) is 0 Å². The lowest BCUT2D eigenvalue weighted by Crippen LogP contribution is -2.63. The Morgan fingerprint density at radius 3 is 2.65 bits per heavy atom. The molecule has 2 aliphatic heterocycles. The van der Waals surface area contributed by atoms with Gasteiger partial charge in [-0.3, -0.25) is 9.59 Å². The maximum atomic E-state index is 13.1. The fourth-order valence-corrected chi connectivity index (χ4v) is 4.55. The van der Waals surface area contributed by atoms with E-state index in [9.17, 15) is 14.7 Å². The van der Waals surface area contributed by atoms with Gasteiger partial charge in [0.15, 0.2) is 0 Å². The molecule has 8 nitrogen and oxygen atoms in total. The van der Waals surface area contributed by atoms with Gasteiger partial charge in [-0.05, 0) is 31.7 Å². The molecule has 0 radical (unpaired) electrons. The maximum absolute atomic E-state index is 13.1. The molecule has 2 saturated heterocycles. The Morgan fingerprint density at radius 1 is 1.26 bits per heavy atom. The first kappa shape index (κ1) is 21.5. The van der Waals surface area contributed by atoms with Gasteiger partial charge in [0.2, 0.25) is 11.8 Å². The topological polar surface area (TPSA) is 96.7 Å². The summed E-state index contributed by atoms with van der Waals surface area (Å²) in [5.41, 5.74) is -0.0568. The summed E-state index contributed by atoms with van der Waals surface area (Å²) in [6.07, 6.45) is 4.33. The zero-order valence-electron chi connectivity index (χ0n) is 17.9. The molecular formula is C23H30N4O4. The SMILES string of the molecule is Cc1nccn1CC(=O)N1CC[C@@](NC(=O)C2CCOCC2)(c2ccccc2)[C@H](O)C1. The lowest BCUT2D eigenvalue weighted by Gasteiger charge is -2.47. The molecule has 2 aliphatic rings. The van der Waals surface area contributed by atoms with E-state index in [-0.39, 0.29) is 30.8 Å². The van der Waals surface area contributed by atoms with Gasteiger partial charge in [-0.2, -0.15) is 0 Å². The standard InChI is InChI=1S/C23H30N4O4/c1-17-24-10-12-26(17)16-21(29)27-11-9-23(20(28)15-27,19-5-3-2-4-6-19)25-22(30)18-7-13-31-14-8-18/h2-6,10,12,18,20,28H,7-9,11,13-16H2,1H3,(H,25,30)/t20-,23-/m1/s1. The number of nitrogens with one attached hydrogen (secondary N) is 1. The summed E-state index contributed by atoms with van der Waals surface area (Å²) in [6, 6.07) is 9.59. The normalized spacial score (nSPS) is 24.7. The first-order valence-electron chi connectivity index (χ1n) is 10.9. The highest BCUT2D eigenvalue weighted by Gasteiger charge is 2.46. The second-order valence-electron chi connectivity index (χ2n) is 8.42. The molecule has 166 valence electrons. The second kappa shape index (κ2) is 9.20. The number of aliphatic hydroxyl groups excluding tert-OH is 1. The van der Waals surface area contributed by atoms with Gasteiger partial charge in [-0.25, -0.2) is 4.98 Å². The number of benzene rings is 1. The van der Waals surface area contributed by atoms with E-state index in [4.69, 9.17) is 4.74 Å². The van der Waals surface area contributed by atoms with Crippen molar-refractivity contribution in [1.29, 1.82) is 0 Å². The number of hydrogen-bond acceptors (Lipinski definition) is 5. The van der Waals surface area contributed by atoms with Crippen LogP contribution in [0.25, 0.3) is 0 Å². The molecule has 0 aliphatic carbocycles. The number of piperidine rings is 1. The largest absolute Gasteiger partial charge is 0.388 e. The summed E-state index contributed by atoms with van der Waals surface area (Å²) in [7, 11) is 0. The minimum absolute atomic E-state index is 0.0555. The van der Waals surface area contributed by atoms with Crippen LogP contribution in [0.15, 0.2) is 42.7 Å². The van der Waals surface area contributed by atoms with Gasteiger partial charge in [-0.15, -0.1) is 0 Å². The molecule has 8 heteroatoms. The van der Waals surface area contributed by atoms with Crippen molar-refractivity contribution >= 4 is 11.8 Å². The Labute approximate surface area is 182 Å². The Balaban J connectivity index is 1.52. The van der Waals surface area contributed by atoms with Crippen LogP contribution in [-0.4, -0.2) is 63.8 Å². The zero-order valence-corrected chi connectivity index (χ0v) is 17.9. The number of rotatable bonds is 5. The number of ether oxygens (including phenoxy) is 1. The van der Waals surface area contributed by atoms with Crippen LogP contribution in [0, 0.1) is 12.8 Å². The van der Waals surface area contributed by atoms with Crippen LogP contribution in [0.3, 0.4) is 0 Å². The van der Waals surface area contributed by atoms with E-state index in [1.54, 1.807) is 21.9 Å². The molecule has 0 bridgehead atoms. The number of imidazole rings is 1. The number of aliphatic hydroxyl groups is 1. The number of aromatic nitrogens is 2. The quantitative estimate of drug-likeness (QED) is 0.750. The highest BCUT2D eigenvalue weighted by Crippen LogP contribution is 2.34. The molecule has 2 atom stereocenters. The van der Waals surface area contributed by atoms with E-state index in [1.807, 2.05) is 37.3 Å². The highest BCUT2D eigenvalue weighted by atomic mass is 16.5. The number of amides is 2. The van der Waals surface area contributed by atoms with Crippen molar-refractivity contribution in [3.05, 3.63) is 54.1 Å².